The standard InChI is InChI=1S/C24H28N4O2S/c1-6-17(13-19(7-2)30-5)18-14-20(21-11-9-10-12-27-21)23(22(15-18)25-4)31-16-28-24(29)26-8-3/h6-7,9-15H,2,4,8,16H2,1,3,5H3,(H2,26,28,29)/b17-6+,19-13+. The molecule has 2 amide bonds. The van der Waals surface area contributed by atoms with Crippen molar-refractivity contribution in [3.63, 3.8) is 0 Å². The molecule has 1 heterocycles. The number of carbonyl (C=O) groups excluding carboxylic acids is 1. The largest absolute Gasteiger partial charge is 0.497 e. The topological polar surface area (TPSA) is 75.6 Å². The number of urea groups is 1. The summed E-state index contributed by atoms with van der Waals surface area (Å²) in [6.45, 7) is 11.9. The van der Waals surface area contributed by atoms with Crippen LogP contribution in [0.2, 0.25) is 0 Å². The monoisotopic (exact) mass is 436 g/mol. The molecule has 6 nitrogen and oxygen atoms in total. The van der Waals surface area contributed by atoms with Crippen molar-refractivity contribution in [2.24, 2.45) is 4.99 Å². The third-order valence-corrected chi connectivity index (χ3v) is 5.35. The zero-order chi connectivity index (χ0) is 22.6. The van der Waals surface area contributed by atoms with Gasteiger partial charge in [0.1, 0.15) is 5.76 Å². The molecule has 0 spiro atoms. The van der Waals surface area contributed by atoms with Gasteiger partial charge in [-0.15, -0.1) is 11.8 Å². The molecule has 0 radical (unpaired) electrons. The number of aliphatic imine (C=N–C) groups is 1. The van der Waals surface area contributed by atoms with Crippen LogP contribution in [0.3, 0.4) is 0 Å². The molecule has 0 unspecified atom stereocenters. The first-order valence-corrected chi connectivity index (χ1v) is 10.8. The summed E-state index contributed by atoms with van der Waals surface area (Å²) in [6.07, 6.45) is 7.33. The van der Waals surface area contributed by atoms with Crippen LogP contribution in [0.15, 0.2) is 77.0 Å². The van der Waals surface area contributed by atoms with Gasteiger partial charge in [0.15, 0.2) is 0 Å². The van der Waals surface area contributed by atoms with Crippen molar-refractivity contribution in [3.05, 3.63) is 72.7 Å². The van der Waals surface area contributed by atoms with Gasteiger partial charge in [-0.2, -0.15) is 0 Å². The number of methoxy groups -OCH3 is 1. The van der Waals surface area contributed by atoms with Gasteiger partial charge in [-0.3, -0.25) is 9.98 Å². The number of hydrogen-bond donors (Lipinski definition) is 2. The lowest BCUT2D eigenvalue weighted by atomic mass is 9.99. The number of allylic oxidation sites excluding steroid dienone is 4. The molecule has 1 aromatic heterocycles. The van der Waals surface area contributed by atoms with Crippen LogP contribution in [-0.4, -0.2) is 37.3 Å². The Morgan fingerprint density at radius 1 is 1.32 bits per heavy atom. The predicted molar refractivity (Wildman–Crippen MR) is 131 cm³/mol. The van der Waals surface area contributed by atoms with Gasteiger partial charge in [0, 0.05) is 23.2 Å². The Labute approximate surface area is 188 Å². The fourth-order valence-corrected chi connectivity index (χ4v) is 3.78. The van der Waals surface area contributed by atoms with Crippen molar-refractivity contribution in [1.29, 1.82) is 0 Å². The maximum atomic E-state index is 11.8. The summed E-state index contributed by atoms with van der Waals surface area (Å²) in [5, 5.41) is 5.56. The quantitative estimate of drug-likeness (QED) is 0.168. The third kappa shape index (κ3) is 6.58. The fraction of sp³-hybridized carbons (Fsp3) is 0.208. The summed E-state index contributed by atoms with van der Waals surface area (Å²) in [5.41, 5.74) is 4.34. The maximum absolute atomic E-state index is 11.8. The van der Waals surface area contributed by atoms with Gasteiger partial charge in [0.2, 0.25) is 0 Å². The Morgan fingerprint density at radius 2 is 2.13 bits per heavy atom. The lowest BCUT2D eigenvalue weighted by molar-refractivity contribution is 0.243. The second-order valence-electron chi connectivity index (χ2n) is 6.27. The smallest absolute Gasteiger partial charge is 0.315 e. The average Bonchev–Trinajstić information content (AvgIpc) is 2.80. The molecule has 0 fully saturated rings. The van der Waals surface area contributed by atoms with Crippen molar-refractivity contribution in [1.82, 2.24) is 15.6 Å². The molecule has 2 N–H and O–H groups in total. The van der Waals surface area contributed by atoms with Crippen molar-refractivity contribution in [2.75, 3.05) is 19.5 Å². The summed E-state index contributed by atoms with van der Waals surface area (Å²) >= 11 is 1.48. The number of nitrogens with one attached hydrogen (secondary N) is 2. The van der Waals surface area contributed by atoms with E-state index in [1.54, 1.807) is 19.4 Å². The maximum Gasteiger partial charge on any atom is 0.315 e. The Balaban J connectivity index is 2.55. The zero-order valence-corrected chi connectivity index (χ0v) is 19.0. The third-order valence-electron chi connectivity index (χ3n) is 4.35. The van der Waals surface area contributed by atoms with E-state index in [0.29, 0.717) is 23.9 Å². The summed E-state index contributed by atoms with van der Waals surface area (Å²) in [7, 11) is 1.61. The first-order valence-electron chi connectivity index (χ1n) is 9.83. The summed E-state index contributed by atoms with van der Waals surface area (Å²) in [4.78, 5) is 21.4. The number of hydrogen-bond acceptors (Lipinski definition) is 5. The Hall–Kier alpha value is -3.32. The molecule has 0 aliphatic rings. The van der Waals surface area contributed by atoms with Crippen LogP contribution >= 0.6 is 11.8 Å². The molecule has 1 aromatic carbocycles. The molecule has 0 saturated heterocycles. The number of rotatable bonds is 10. The van der Waals surface area contributed by atoms with Crippen molar-refractivity contribution >= 4 is 35.8 Å². The zero-order valence-electron chi connectivity index (χ0n) is 18.1. The summed E-state index contributed by atoms with van der Waals surface area (Å²) in [5.74, 6) is 1.04. The highest BCUT2D eigenvalue weighted by molar-refractivity contribution is 7.99. The molecule has 162 valence electrons. The van der Waals surface area contributed by atoms with Gasteiger partial charge in [0.05, 0.1) is 24.4 Å². The van der Waals surface area contributed by atoms with E-state index in [0.717, 1.165) is 27.3 Å². The van der Waals surface area contributed by atoms with Crippen LogP contribution < -0.4 is 10.6 Å². The molecular weight excluding hydrogens is 408 g/mol. The van der Waals surface area contributed by atoms with E-state index < -0.39 is 0 Å². The van der Waals surface area contributed by atoms with Crippen LogP contribution in [0.5, 0.6) is 0 Å². The molecule has 7 heteroatoms. The Kier molecular flexibility index (Phi) is 9.58. The van der Waals surface area contributed by atoms with Crippen LogP contribution in [0.4, 0.5) is 10.5 Å². The highest BCUT2D eigenvalue weighted by Crippen LogP contribution is 2.40. The number of pyridine rings is 1. The first kappa shape index (κ1) is 24.0. The van der Waals surface area contributed by atoms with E-state index in [1.807, 2.05) is 50.3 Å². The Morgan fingerprint density at radius 3 is 2.71 bits per heavy atom. The molecule has 0 atom stereocenters. The molecule has 31 heavy (non-hydrogen) atoms. The van der Waals surface area contributed by atoms with E-state index in [1.165, 1.54) is 11.8 Å². The molecule has 2 rings (SSSR count). The van der Waals surface area contributed by atoms with Crippen molar-refractivity contribution < 1.29 is 9.53 Å². The molecule has 0 aliphatic carbocycles. The molecule has 2 aromatic rings. The SMILES string of the molecule is C=C/C(=C\C(=C/C)c1cc(N=C)c(SCNC(=O)NCC)c(-c2ccccn2)c1)OC. The Bertz CT molecular complexity index is 985. The van der Waals surface area contributed by atoms with Gasteiger partial charge in [-0.25, -0.2) is 4.79 Å². The van der Waals surface area contributed by atoms with Crippen LogP contribution in [0.25, 0.3) is 16.8 Å². The molecular formula is C24H28N4O2S. The average molecular weight is 437 g/mol. The number of ether oxygens (including phenoxy) is 1. The van der Waals surface area contributed by atoms with Crippen LogP contribution in [-0.2, 0) is 4.74 Å². The first-order chi connectivity index (χ1) is 15.1. The normalized spacial score (nSPS) is 11.6. The number of carbonyl (C=O) groups is 1. The summed E-state index contributed by atoms with van der Waals surface area (Å²) < 4.78 is 5.35. The van der Waals surface area contributed by atoms with Crippen molar-refractivity contribution in [3.8, 4) is 11.3 Å². The van der Waals surface area contributed by atoms with Gasteiger partial charge >= 0.3 is 6.03 Å². The van der Waals surface area contributed by atoms with Gasteiger partial charge in [-0.1, -0.05) is 18.7 Å². The number of nitrogens with zero attached hydrogens (tertiary/aromatic N) is 2. The highest BCUT2D eigenvalue weighted by atomic mass is 32.2. The molecule has 0 bridgehead atoms. The molecule has 0 aliphatic heterocycles. The molecule has 0 saturated carbocycles. The minimum atomic E-state index is -0.211. The predicted octanol–water partition coefficient (Wildman–Crippen LogP) is 5.57. The fourth-order valence-electron chi connectivity index (χ4n) is 2.85. The summed E-state index contributed by atoms with van der Waals surface area (Å²) in [6, 6.07) is 9.58. The highest BCUT2D eigenvalue weighted by Gasteiger charge is 2.15. The number of aromatic nitrogens is 1. The lowest BCUT2D eigenvalue weighted by Crippen LogP contribution is -2.34. The van der Waals surface area contributed by atoms with Gasteiger partial charge < -0.3 is 15.4 Å². The van der Waals surface area contributed by atoms with Crippen molar-refractivity contribution in [2.45, 2.75) is 18.7 Å². The minimum Gasteiger partial charge on any atom is -0.497 e. The number of amides is 2. The number of thioether (sulfide) groups is 1. The van der Waals surface area contributed by atoms with E-state index >= 15 is 0 Å². The lowest BCUT2D eigenvalue weighted by Gasteiger charge is -2.16. The van der Waals surface area contributed by atoms with E-state index in [4.69, 9.17) is 4.74 Å². The van der Waals surface area contributed by atoms with E-state index in [-0.39, 0.29) is 6.03 Å². The second-order valence-corrected chi connectivity index (χ2v) is 7.25. The van der Waals surface area contributed by atoms with Gasteiger partial charge in [-0.05, 0) is 68.1 Å². The second kappa shape index (κ2) is 12.4. The van der Waals surface area contributed by atoms with E-state index in [2.05, 4.69) is 40.0 Å². The van der Waals surface area contributed by atoms with Crippen LogP contribution in [0, 0.1) is 0 Å². The minimum absolute atomic E-state index is 0.211. The van der Waals surface area contributed by atoms with Gasteiger partial charge in [0.25, 0.3) is 0 Å². The number of benzene rings is 1. The van der Waals surface area contributed by atoms with Crippen LogP contribution in [0.1, 0.15) is 19.4 Å². The van der Waals surface area contributed by atoms with E-state index in [9.17, 15) is 4.79 Å².